The second-order valence-electron chi connectivity index (χ2n) is 4.08. The van der Waals surface area contributed by atoms with Crippen LogP contribution in [0.1, 0.15) is 25.3 Å². The predicted molar refractivity (Wildman–Crippen MR) is 69.4 cm³/mol. The van der Waals surface area contributed by atoms with E-state index in [-0.39, 0.29) is 5.82 Å². The second kappa shape index (κ2) is 7.34. The molecule has 0 bridgehead atoms. The lowest BCUT2D eigenvalue weighted by Crippen LogP contribution is -2.37. The molecular weight excluding hydrogens is 257 g/mol. The number of nitrogens with one attached hydrogen (secondary N) is 1. The van der Waals surface area contributed by atoms with Gasteiger partial charge in [-0.2, -0.15) is 0 Å². The van der Waals surface area contributed by atoms with Gasteiger partial charge in [-0.05, 0) is 25.0 Å². The Morgan fingerprint density at radius 1 is 1.56 bits per heavy atom. The smallest absolute Gasteiger partial charge is 0.320 e. The number of rotatable bonds is 7. The largest absolute Gasteiger partial charge is 0.480 e. The van der Waals surface area contributed by atoms with Gasteiger partial charge in [0.2, 0.25) is 0 Å². The third-order valence-corrected chi connectivity index (χ3v) is 3.06. The number of hydrogen-bond donors (Lipinski definition) is 2. The molecule has 0 radical (unpaired) electrons. The van der Waals surface area contributed by atoms with E-state index in [9.17, 15) is 9.18 Å². The standard InChI is InChI=1S/C13H17ClFNO2/c1-2-4-12(13(17)18)16-8-7-9-10(14)5-3-6-11(9)15/h3,5-6,12,16H,2,4,7-8H2,1H3,(H,17,18). The summed E-state index contributed by atoms with van der Waals surface area (Å²) in [5, 5.41) is 12.2. The van der Waals surface area contributed by atoms with Crippen LogP contribution >= 0.6 is 11.6 Å². The Labute approximate surface area is 111 Å². The normalized spacial score (nSPS) is 12.4. The summed E-state index contributed by atoms with van der Waals surface area (Å²) in [7, 11) is 0. The van der Waals surface area contributed by atoms with E-state index in [0.29, 0.717) is 30.0 Å². The maximum absolute atomic E-state index is 13.5. The first-order valence-electron chi connectivity index (χ1n) is 5.95. The van der Waals surface area contributed by atoms with Gasteiger partial charge in [-0.15, -0.1) is 0 Å². The molecule has 0 aliphatic carbocycles. The Balaban J connectivity index is 2.52. The molecule has 3 nitrogen and oxygen atoms in total. The minimum absolute atomic E-state index is 0.355. The van der Waals surface area contributed by atoms with Crippen molar-refractivity contribution in [3.8, 4) is 0 Å². The molecule has 1 aromatic carbocycles. The lowest BCUT2D eigenvalue weighted by molar-refractivity contribution is -0.139. The van der Waals surface area contributed by atoms with Crippen LogP contribution in [-0.4, -0.2) is 23.7 Å². The van der Waals surface area contributed by atoms with Gasteiger partial charge in [0.1, 0.15) is 11.9 Å². The first-order chi connectivity index (χ1) is 8.56. The van der Waals surface area contributed by atoms with Gasteiger partial charge in [-0.3, -0.25) is 4.79 Å². The molecule has 1 unspecified atom stereocenters. The summed E-state index contributed by atoms with van der Waals surface area (Å²) in [4.78, 5) is 10.9. The van der Waals surface area contributed by atoms with Crippen molar-refractivity contribution in [2.24, 2.45) is 0 Å². The molecule has 0 saturated carbocycles. The summed E-state index contributed by atoms with van der Waals surface area (Å²) in [6.45, 7) is 2.31. The van der Waals surface area contributed by atoms with Crippen molar-refractivity contribution in [3.05, 3.63) is 34.6 Å². The Kier molecular flexibility index (Phi) is 6.09. The third kappa shape index (κ3) is 4.27. The maximum atomic E-state index is 13.5. The zero-order valence-corrected chi connectivity index (χ0v) is 11.0. The van der Waals surface area contributed by atoms with Gasteiger partial charge in [0, 0.05) is 17.1 Å². The summed E-state index contributed by atoms with van der Waals surface area (Å²) in [5.74, 6) is -1.23. The first kappa shape index (κ1) is 14.9. The van der Waals surface area contributed by atoms with Crippen molar-refractivity contribution in [1.82, 2.24) is 5.32 Å². The van der Waals surface area contributed by atoms with Crippen LogP contribution in [0.5, 0.6) is 0 Å². The van der Waals surface area contributed by atoms with Crippen molar-refractivity contribution < 1.29 is 14.3 Å². The number of carboxylic acids is 1. The monoisotopic (exact) mass is 273 g/mol. The molecule has 0 saturated heterocycles. The molecule has 1 rings (SSSR count). The van der Waals surface area contributed by atoms with E-state index >= 15 is 0 Å². The Morgan fingerprint density at radius 3 is 2.83 bits per heavy atom. The van der Waals surface area contributed by atoms with E-state index in [1.807, 2.05) is 6.92 Å². The van der Waals surface area contributed by atoms with Crippen molar-refractivity contribution in [3.63, 3.8) is 0 Å². The van der Waals surface area contributed by atoms with Crippen LogP contribution in [-0.2, 0) is 11.2 Å². The van der Waals surface area contributed by atoms with E-state index in [1.165, 1.54) is 6.07 Å². The molecule has 5 heteroatoms. The minimum atomic E-state index is -0.878. The van der Waals surface area contributed by atoms with Crippen LogP contribution in [0.3, 0.4) is 0 Å². The highest BCUT2D eigenvalue weighted by Gasteiger charge is 2.15. The van der Waals surface area contributed by atoms with E-state index < -0.39 is 12.0 Å². The molecule has 0 aliphatic rings. The highest BCUT2D eigenvalue weighted by atomic mass is 35.5. The second-order valence-corrected chi connectivity index (χ2v) is 4.49. The first-order valence-corrected chi connectivity index (χ1v) is 6.33. The Hall–Kier alpha value is -1.13. The molecule has 0 spiro atoms. The number of hydrogen-bond acceptors (Lipinski definition) is 2. The molecular formula is C13H17ClFNO2. The molecule has 0 heterocycles. The average molecular weight is 274 g/mol. The molecule has 0 aliphatic heterocycles. The summed E-state index contributed by atoms with van der Waals surface area (Å²) in [6, 6.07) is 3.94. The number of carboxylic acid groups (broad SMARTS) is 1. The zero-order valence-electron chi connectivity index (χ0n) is 10.2. The zero-order chi connectivity index (χ0) is 13.5. The maximum Gasteiger partial charge on any atom is 0.320 e. The highest BCUT2D eigenvalue weighted by molar-refractivity contribution is 6.31. The molecule has 0 fully saturated rings. The fourth-order valence-corrected chi connectivity index (χ4v) is 2.00. The van der Waals surface area contributed by atoms with Gasteiger partial charge >= 0.3 is 5.97 Å². The fourth-order valence-electron chi connectivity index (χ4n) is 1.74. The predicted octanol–water partition coefficient (Wildman–Crippen LogP) is 2.86. The van der Waals surface area contributed by atoms with Gasteiger partial charge in [0.05, 0.1) is 0 Å². The molecule has 0 aromatic heterocycles. The van der Waals surface area contributed by atoms with Crippen molar-refractivity contribution >= 4 is 17.6 Å². The highest BCUT2D eigenvalue weighted by Crippen LogP contribution is 2.19. The van der Waals surface area contributed by atoms with Crippen LogP contribution in [0.15, 0.2) is 18.2 Å². The fraction of sp³-hybridized carbons (Fsp3) is 0.462. The minimum Gasteiger partial charge on any atom is -0.480 e. The lowest BCUT2D eigenvalue weighted by Gasteiger charge is -2.13. The van der Waals surface area contributed by atoms with Gasteiger partial charge in [-0.1, -0.05) is 31.0 Å². The third-order valence-electron chi connectivity index (χ3n) is 2.70. The number of carbonyl (C=O) groups is 1. The number of aliphatic carboxylic acids is 1. The van der Waals surface area contributed by atoms with Gasteiger partial charge in [-0.25, -0.2) is 4.39 Å². The number of halogens is 2. The molecule has 0 amide bonds. The Morgan fingerprint density at radius 2 is 2.28 bits per heavy atom. The van der Waals surface area contributed by atoms with Gasteiger partial charge in [0.25, 0.3) is 0 Å². The van der Waals surface area contributed by atoms with Crippen LogP contribution in [0.25, 0.3) is 0 Å². The Bertz CT molecular complexity index is 392. The molecule has 100 valence electrons. The summed E-state index contributed by atoms with van der Waals surface area (Å²) < 4.78 is 13.5. The van der Waals surface area contributed by atoms with Crippen LogP contribution in [0.2, 0.25) is 5.02 Å². The average Bonchev–Trinajstić information content (AvgIpc) is 2.31. The molecule has 18 heavy (non-hydrogen) atoms. The summed E-state index contributed by atoms with van der Waals surface area (Å²) in [5.41, 5.74) is 0.423. The van der Waals surface area contributed by atoms with E-state index in [4.69, 9.17) is 16.7 Å². The van der Waals surface area contributed by atoms with E-state index in [0.717, 1.165) is 6.42 Å². The van der Waals surface area contributed by atoms with Crippen LogP contribution in [0.4, 0.5) is 4.39 Å². The van der Waals surface area contributed by atoms with Crippen molar-refractivity contribution in [2.45, 2.75) is 32.2 Å². The number of benzene rings is 1. The lowest BCUT2D eigenvalue weighted by atomic mass is 10.1. The van der Waals surface area contributed by atoms with Crippen molar-refractivity contribution in [2.75, 3.05) is 6.54 Å². The SMILES string of the molecule is CCCC(NCCc1c(F)cccc1Cl)C(=O)O. The van der Waals surface area contributed by atoms with Crippen molar-refractivity contribution in [1.29, 1.82) is 0 Å². The molecule has 1 atom stereocenters. The molecule has 2 N–H and O–H groups in total. The summed E-state index contributed by atoms with van der Waals surface area (Å²) >= 11 is 5.88. The topological polar surface area (TPSA) is 49.3 Å². The van der Waals surface area contributed by atoms with Gasteiger partial charge in [0.15, 0.2) is 0 Å². The van der Waals surface area contributed by atoms with Crippen LogP contribution in [0, 0.1) is 5.82 Å². The van der Waals surface area contributed by atoms with E-state index in [1.54, 1.807) is 12.1 Å². The quantitative estimate of drug-likeness (QED) is 0.803. The molecule has 1 aromatic rings. The van der Waals surface area contributed by atoms with E-state index in [2.05, 4.69) is 5.32 Å². The summed E-state index contributed by atoms with van der Waals surface area (Å²) in [6.07, 6.45) is 1.71. The van der Waals surface area contributed by atoms with Gasteiger partial charge < -0.3 is 10.4 Å². The van der Waals surface area contributed by atoms with Crippen LogP contribution < -0.4 is 5.32 Å².